The van der Waals surface area contributed by atoms with Crippen molar-refractivity contribution >= 4 is 44.6 Å². The molecule has 0 spiro atoms. The second-order valence-corrected chi connectivity index (χ2v) is 8.75. The van der Waals surface area contributed by atoms with Crippen LogP contribution in [0.3, 0.4) is 0 Å². The number of aryl methyl sites for hydroxylation is 2. The summed E-state index contributed by atoms with van der Waals surface area (Å²) < 4.78 is 4.30. The first-order valence-corrected chi connectivity index (χ1v) is 11.0. The van der Waals surface area contributed by atoms with E-state index in [1.165, 1.54) is 35.4 Å². The van der Waals surface area contributed by atoms with Gasteiger partial charge in [-0.05, 0) is 43.2 Å². The van der Waals surface area contributed by atoms with Gasteiger partial charge in [0.25, 0.3) is 11.2 Å². The molecule has 0 aliphatic heterocycles. The Morgan fingerprint density at radius 2 is 1.71 bits per heavy atom. The van der Waals surface area contributed by atoms with Crippen LogP contribution in [0.4, 0.5) is 11.4 Å². The van der Waals surface area contributed by atoms with E-state index in [1.54, 1.807) is 19.1 Å². The molecule has 0 radical (unpaired) electrons. The van der Waals surface area contributed by atoms with Gasteiger partial charge in [0, 0.05) is 30.8 Å². The maximum absolute atomic E-state index is 12.6. The van der Waals surface area contributed by atoms with Gasteiger partial charge in [0.05, 0.1) is 21.6 Å². The van der Waals surface area contributed by atoms with Crippen LogP contribution < -0.4 is 16.9 Å². The Kier molecular flexibility index (Phi) is 5.80. The first-order chi connectivity index (χ1) is 16.4. The van der Waals surface area contributed by atoms with Crippen LogP contribution in [0.15, 0.2) is 48.1 Å². The van der Waals surface area contributed by atoms with Crippen LogP contribution in [0.2, 0.25) is 0 Å². The van der Waals surface area contributed by atoms with Crippen molar-refractivity contribution in [2.75, 3.05) is 0 Å². The van der Waals surface area contributed by atoms with Gasteiger partial charge in [0.1, 0.15) is 11.3 Å². The molecule has 0 aliphatic rings. The van der Waals surface area contributed by atoms with Crippen molar-refractivity contribution in [3.63, 3.8) is 0 Å². The molecule has 0 unspecified atom stereocenters. The summed E-state index contributed by atoms with van der Waals surface area (Å²) in [6.45, 7) is 3.58. The number of rotatable bonds is 4. The average Bonchev–Trinajstić information content (AvgIpc) is 3.01. The van der Waals surface area contributed by atoms with E-state index in [2.05, 4.69) is 25.9 Å². The van der Waals surface area contributed by atoms with Crippen molar-refractivity contribution in [1.29, 1.82) is 0 Å². The molecule has 180 valence electrons. The third kappa shape index (κ3) is 3.79. The molecular formula is C22H19BrN6O6. The van der Waals surface area contributed by atoms with Gasteiger partial charge < -0.3 is 5.11 Å². The quantitative estimate of drug-likeness (QED) is 0.229. The first-order valence-electron chi connectivity index (χ1n) is 10.2. The van der Waals surface area contributed by atoms with Crippen molar-refractivity contribution in [3.8, 4) is 11.6 Å². The number of halogens is 1. The molecular weight excluding hydrogens is 524 g/mol. The number of hydrogen-bond donors (Lipinski definition) is 2. The fourth-order valence-corrected chi connectivity index (χ4v) is 4.23. The summed E-state index contributed by atoms with van der Waals surface area (Å²) in [4.78, 5) is 54.5. The molecule has 0 amide bonds. The Balaban J connectivity index is 1.94. The minimum absolute atomic E-state index is 0.143. The Morgan fingerprint density at radius 1 is 1.09 bits per heavy atom. The number of aromatic hydroxyl groups is 1. The highest BCUT2D eigenvalue weighted by molar-refractivity contribution is 9.10. The van der Waals surface area contributed by atoms with Crippen molar-refractivity contribution < 1.29 is 10.0 Å². The predicted molar refractivity (Wildman–Crippen MR) is 134 cm³/mol. The summed E-state index contributed by atoms with van der Waals surface area (Å²) in [5.41, 5.74) is -0.517. The van der Waals surface area contributed by atoms with E-state index in [0.717, 1.165) is 20.8 Å². The van der Waals surface area contributed by atoms with Crippen LogP contribution in [-0.4, -0.2) is 34.9 Å². The van der Waals surface area contributed by atoms with Crippen molar-refractivity contribution in [2.45, 2.75) is 13.8 Å². The second kappa shape index (κ2) is 8.51. The Hall–Kier alpha value is -4.26. The monoisotopic (exact) mass is 542 g/mol. The second-order valence-electron chi connectivity index (χ2n) is 7.89. The first kappa shape index (κ1) is 23.9. The van der Waals surface area contributed by atoms with E-state index in [9.17, 15) is 29.6 Å². The number of aromatic amines is 1. The van der Waals surface area contributed by atoms with Gasteiger partial charge in [-0.1, -0.05) is 15.9 Å². The van der Waals surface area contributed by atoms with Crippen molar-refractivity contribution in [1.82, 2.24) is 18.7 Å². The number of imidazole rings is 1. The number of benzene rings is 2. The standard InChI is InChI=1S/C22H19BrN6O6/c1-10-11(2)15(6-5-13(10)23)28-20(31)12(19(30)25-21(28)32)9-24-14-7-17-18(8-16(14)29(34)35)27(4)22(33)26(17)3/h5-9,31H,1-4H3,(H,25,30,32). The molecule has 0 saturated heterocycles. The predicted octanol–water partition coefficient (Wildman–Crippen LogP) is 2.46. The van der Waals surface area contributed by atoms with E-state index in [-0.39, 0.29) is 16.9 Å². The Morgan fingerprint density at radius 3 is 2.34 bits per heavy atom. The van der Waals surface area contributed by atoms with Gasteiger partial charge in [-0.2, -0.15) is 0 Å². The largest absolute Gasteiger partial charge is 0.493 e. The lowest BCUT2D eigenvalue weighted by Crippen LogP contribution is -2.31. The zero-order chi connectivity index (χ0) is 25.8. The van der Waals surface area contributed by atoms with Gasteiger partial charge in [-0.3, -0.25) is 29.0 Å². The lowest BCUT2D eigenvalue weighted by Gasteiger charge is -2.14. The number of nitro benzene ring substituents is 1. The van der Waals surface area contributed by atoms with Crippen LogP contribution in [0, 0.1) is 24.0 Å². The summed E-state index contributed by atoms with van der Waals surface area (Å²) in [5.74, 6) is -0.678. The molecule has 12 nitrogen and oxygen atoms in total. The van der Waals surface area contributed by atoms with E-state index < -0.39 is 27.7 Å². The molecule has 2 heterocycles. The summed E-state index contributed by atoms with van der Waals surface area (Å²) in [6, 6.07) is 5.85. The number of H-pyrrole nitrogens is 1. The third-order valence-electron chi connectivity index (χ3n) is 5.95. The third-order valence-corrected chi connectivity index (χ3v) is 6.81. The fraction of sp³-hybridized carbons (Fsp3) is 0.182. The lowest BCUT2D eigenvalue weighted by atomic mass is 10.1. The Labute approximate surface area is 204 Å². The van der Waals surface area contributed by atoms with E-state index in [0.29, 0.717) is 22.3 Å². The van der Waals surface area contributed by atoms with Crippen LogP contribution in [0.5, 0.6) is 5.88 Å². The van der Waals surface area contributed by atoms with E-state index in [4.69, 9.17) is 0 Å². The van der Waals surface area contributed by atoms with E-state index >= 15 is 0 Å². The number of hydrogen-bond acceptors (Lipinski definition) is 7. The van der Waals surface area contributed by atoms with Crippen LogP contribution in [0.1, 0.15) is 16.7 Å². The zero-order valence-corrected chi connectivity index (χ0v) is 20.6. The lowest BCUT2D eigenvalue weighted by molar-refractivity contribution is -0.383. The number of nitrogens with zero attached hydrogens (tertiary/aromatic N) is 5. The summed E-state index contributed by atoms with van der Waals surface area (Å²) in [7, 11) is 3.00. The number of nitrogens with one attached hydrogen (secondary N) is 1. The van der Waals surface area contributed by atoms with Crippen molar-refractivity contribution in [2.24, 2.45) is 19.1 Å². The Bertz CT molecular complexity index is 1760. The highest BCUT2D eigenvalue weighted by atomic mass is 79.9. The maximum atomic E-state index is 12.6. The van der Waals surface area contributed by atoms with Crippen LogP contribution in [0.25, 0.3) is 16.7 Å². The number of aromatic nitrogens is 4. The smallest absolute Gasteiger partial charge is 0.335 e. The molecule has 2 aromatic carbocycles. The topological polar surface area (TPSA) is 158 Å². The SMILES string of the molecule is Cc1c(Br)ccc(-n2c(O)c(C=Nc3cc4c(cc3[N+](=O)[O-])n(C)c(=O)n4C)c(=O)[nH]c2=O)c1C. The molecule has 35 heavy (non-hydrogen) atoms. The molecule has 0 saturated carbocycles. The molecule has 0 fully saturated rings. The minimum atomic E-state index is -0.921. The summed E-state index contributed by atoms with van der Waals surface area (Å²) in [6.07, 6.45) is 0.945. The van der Waals surface area contributed by atoms with E-state index in [1.807, 2.05) is 6.92 Å². The molecule has 4 rings (SSSR count). The highest BCUT2D eigenvalue weighted by Gasteiger charge is 2.21. The minimum Gasteiger partial charge on any atom is -0.493 e. The van der Waals surface area contributed by atoms with Crippen LogP contribution in [-0.2, 0) is 14.1 Å². The molecule has 2 aromatic heterocycles. The van der Waals surface area contributed by atoms with Crippen LogP contribution >= 0.6 is 15.9 Å². The van der Waals surface area contributed by atoms with Gasteiger partial charge in [-0.25, -0.2) is 19.1 Å². The maximum Gasteiger partial charge on any atom is 0.335 e. The zero-order valence-electron chi connectivity index (χ0n) is 19.0. The number of fused-ring (bicyclic) bond motifs is 1. The molecule has 4 aromatic rings. The molecule has 0 aliphatic carbocycles. The normalized spacial score (nSPS) is 11.6. The summed E-state index contributed by atoms with van der Waals surface area (Å²) >= 11 is 3.41. The average molecular weight is 543 g/mol. The molecule has 2 N–H and O–H groups in total. The van der Waals surface area contributed by atoms with Gasteiger partial charge in [0.15, 0.2) is 0 Å². The fourth-order valence-electron chi connectivity index (χ4n) is 3.80. The number of aliphatic imine (C=N–C) groups is 1. The number of nitro groups is 1. The molecule has 0 bridgehead atoms. The van der Waals surface area contributed by atoms with Gasteiger partial charge in [-0.15, -0.1) is 0 Å². The summed E-state index contributed by atoms with van der Waals surface area (Å²) in [5, 5.41) is 22.5. The molecule has 13 heteroatoms. The van der Waals surface area contributed by atoms with Crippen molar-refractivity contribution in [3.05, 3.63) is 86.9 Å². The van der Waals surface area contributed by atoms with Gasteiger partial charge >= 0.3 is 11.4 Å². The van der Waals surface area contributed by atoms with Gasteiger partial charge in [0.2, 0.25) is 5.88 Å². The highest BCUT2D eigenvalue weighted by Crippen LogP contribution is 2.32. The molecule has 0 atom stereocenters.